The highest BCUT2D eigenvalue weighted by Gasteiger charge is 2.36. The summed E-state index contributed by atoms with van der Waals surface area (Å²) in [6.07, 6.45) is 0.726. The summed E-state index contributed by atoms with van der Waals surface area (Å²) in [5.74, 6) is 0. The quantitative estimate of drug-likeness (QED) is 0.274. The van der Waals surface area contributed by atoms with Gasteiger partial charge in [-0.1, -0.05) is 56.8 Å². The van der Waals surface area contributed by atoms with Crippen molar-refractivity contribution in [2.75, 3.05) is 26.2 Å². The van der Waals surface area contributed by atoms with Crippen LogP contribution in [0, 0.1) is 20.8 Å². The molecule has 0 saturated carbocycles. The van der Waals surface area contributed by atoms with Crippen molar-refractivity contribution in [1.29, 1.82) is 0 Å². The third-order valence-corrected chi connectivity index (χ3v) is 11.8. The smallest absolute Gasteiger partial charge is 0.256 e. The molecule has 0 aromatic heterocycles. The van der Waals surface area contributed by atoms with Gasteiger partial charge in [0.05, 0.1) is 14.7 Å². The zero-order chi connectivity index (χ0) is 28.7. The molecule has 0 amide bonds. The van der Waals surface area contributed by atoms with Gasteiger partial charge in [0.15, 0.2) is 0 Å². The summed E-state index contributed by atoms with van der Waals surface area (Å²) in [5.41, 5.74) is 2.68. The van der Waals surface area contributed by atoms with Crippen LogP contribution in [0.3, 0.4) is 0 Å². The predicted octanol–water partition coefficient (Wildman–Crippen LogP) is 3.34. The Balaban J connectivity index is 1.59. The molecule has 2 N–H and O–H groups in total. The summed E-state index contributed by atoms with van der Waals surface area (Å²) in [4.78, 5) is 0.000866. The van der Waals surface area contributed by atoms with Crippen molar-refractivity contribution in [3.05, 3.63) is 89.5 Å². The van der Waals surface area contributed by atoms with E-state index in [1.54, 1.807) is 48.5 Å². The first-order chi connectivity index (χ1) is 18.3. The molecule has 0 fully saturated rings. The number of sulfonamides is 3. The van der Waals surface area contributed by atoms with E-state index in [-0.39, 0.29) is 34.2 Å². The lowest BCUT2D eigenvalue weighted by Crippen LogP contribution is -2.38. The number of nitrogens with one attached hydrogen (secondary N) is 2. The van der Waals surface area contributed by atoms with Gasteiger partial charge >= 0.3 is 0 Å². The summed E-state index contributed by atoms with van der Waals surface area (Å²) < 4.78 is 81.5. The molecule has 9 nitrogen and oxygen atoms in total. The van der Waals surface area contributed by atoms with E-state index in [9.17, 15) is 25.3 Å². The van der Waals surface area contributed by atoms with Crippen molar-refractivity contribution in [2.45, 2.75) is 48.3 Å². The van der Waals surface area contributed by atoms with E-state index in [2.05, 4.69) is 10.0 Å². The van der Waals surface area contributed by atoms with Crippen LogP contribution in [0.5, 0.6) is 0 Å². The minimum atomic E-state index is -4.34. The van der Waals surface area contributed by atoms with Crippen LogP contribution in [-0.2, 0) is 30.1 Å². The van der Waals surface area contributed by atoms with Crippen LogP contribution in [0.25, 0.3) is 0 Å². The fourth-order valence-corrected chi connectivity index (χ4v) is 8.50. The first-order valence-electron chi connectivity index (χ1n) is 12.5. The summed E-state index contributed by atoms with van der Waals surface area (Å²) in [5, 5.41) is 3.12. The fourth-order valence-electron chi connectivity index (χ4n) is 3.70. The summed E-state index contributed by atoms with van der Waals surface area (Å²) in [6, 6.07) is 18.7. The van der Waals surface area contributed by atoms with Crippen molar-refractivity contribution >= 4 is 30.1 Å². The van der Waals surface area contributed by atoms with Crippen LogP contribution in [0.15, 0.2) is 87.5 Å². The Morgan fingerprint density at radius 3 is 1.36 bits per heavy atom. The number of aryl methyl sites for hydroxylation is 3. The highest BCUT2D eigenvalue weighted by Crippen LogP contribution is 2.25. The van der Waals surface area contributed by atoms with Gasteiger partial charge < -0.3 is 5.32 Å². The van der Waals surface area contributed by atoms with E-state index in [1.165, 1.54) is 24.3 Å². The fraction of sp³-hybridized carbons (Fsp3) is 0.333. The molecule has 0 heterocycles. The molecule has 3 rings (SSSR count). The Labute approximate surface area is 232 Å². The molecular weight excluding hydrogens is 559 g/mol. The molecule has 0 atom stereocenters. The van der Waals surface area contributed by atoms with E-state index in [0.717, 1.165) is 16.7 Å². The van der Waals surface area contributed by atoms with Crippen LogP contribution < -0.4 is 10.0 Å². The zero-order valence-electron chi connectivity index (χ0n) is 22.3. The van der Waals surface area contributed by atoms with E-state index in [0.29, 0.717) is 23.2 Å². The predicted molar refractivity (Wildman–Crippen MR) is 152 cm³/mol. The molecule has 12 heteroatoms. The number of hydrogen-bond acceptors (Lipinski definition) is 7. The number of hydrogen-bond donors (Lipinski definition) is 2. The maximum Gasteiger partial charge on any atom is 0.256 e. The van der Waals surface area contributed by atoms with Crippen molar-refractivity contribution in [1.82, 2.24) is 13.7 Å². The highest BCUT2D eigenvalue weighted by atomic mass is 32.3. The third-order valence-electron chi connectivity index (χ3n) is 6.02. The second-order valence-corrected chi connectivity index (χ2v) is 15.0. The van der Waals surface area contributed by atoms with Crippen LogP contribution in [-0.4, -0.2) is 55.1 Å². The Bertz CT molecular complexity index is 1480. The number of rotatable bonds is 14. The Kier molecular flexibility index (Phi) is 10.4. The second-order valence-electron chi connectivity index (χ2n) is 9.30. The van der Waals surface area contributed by atoms with Crippen LogP contribution in [0.1, 0.15) is 29.5 Å². The van der Waals surface area contributed by atoms with Crippen LogP contribution >= 0.6 is 0 Å². The average Bonchev–Trinajstić information content (AvgIpc) is 2.88. The largest absolute Gasteiger partial charge is 0.317 e. The number of nitrogens with zero attached hydrogens (tertiary/aromatic N) is 1. The molecule has 0 saturated heterocycles. The topological polar surface area (TPSA) is 130 Å². The molecule has 0 aliphatic rings. The minimum Gasteiger partial charge on any atom is -0.317 e. The zero-order valence-corrected chi connectivity index (χ0v) is 24.7. The molecule has 0 aliphatic heterocycles. The second kappa shape index (κ2) is 13.2. The standard InChI is InChI=1S/C27H35N3O6S3/c1-22-6-12-25(13-7-22)37(31,32)29-20-4-18-28-19-5-21-30(38(33,34)26-14-8-23(2)9-15-26)39(35,36)27-16-10-24(3)11-17-27/h6-17,28-29H,4-5,18-21H2,1-3H3. The lowest BCUT2D eigenvalue weighted by atomic mass is 10.2. The van der Waals surface area contributed by atoms with Gasteiger partial charge in [0, 0.05) is 13.1 Å². The van der Waals surface area contributed by atoms with Gasteiger partial charge in [0.1, 0.15) is 0 Å². The van der Waals surface area contributed by atoms with Gasteiger partial charge in [-0.3, -0.25) is 0 Å². The van der Waals surface area contributed by atoms with E-state index in [1.807, 2.05) is 20.8 Å². The minimum absolute atomic E-state index is 0.0994. The van der Waals surface area contributed by atoms with Gasteiger partial charge in [0.2, 0.25) is 10.0 Å². The highest BCUT2D eigenvalue weighted by molar-refractivity contribution is 8.04. The van der Waals surface area contributed by atoms with Crippen molar-refractivity contribution in [3.8, 4) is 0 Å². The van der Waals surface area contributed by atoms with Crippen molar-refractivity contribution in [2.24, 2.45) is 0 Å². The van der Waals surface area contributed by atoms with E-state index in [4.69, 9.17) is 0 Å². The SMILES string of the molecule is Cc1ccc(S(=O)(=O)NCCCNCCCN(S(=O)(=O)c2ccc(C)cc2)S(=O)(=O)c2ccc(C)cc2)cc1. The molecule has 0 spiro atoms. The monoisotopic (exact) mass is 593 g/mol. The summed E-state index contributed by atoms with van der Waals surface area (Å²) in [7, 11) is -12.3. The molecule has 212 valence electrons. The first kappa shape index (κ1) is 30.9. The lowest BCUT2D eigenvalue weighted by Gasteiger charge is -2.22. The lowest BCUT2D eigenvalue weighted by molar-refractivity contribution is 0.483. The molecular formula is C27H35N3O6S3. The van der Waals surface area contributed by atoms with E-state index >= 15 is 0 Å². The molecule has 0 aliphatic carbocycles. The molecule has 3 aromatic rings. The van der Waals surface area contributed by atoms with Gasteiger partial charge in [-0.05, 0) is 83.1 Å². The number of benzene rings is 3. The molecule has 0 unspecified atom stereocenters. The van der Waals surface area contributed by atoms with Gasteiger partial charge in [0.25, 0.3) is 20.0 Å². The Hall–Kier alpha value is -2.61. The molecule has 0 radical (unpaired) electrons. The van der Waals surface area contributed by atoms with Crippen LogP contribution in [0.4, 0.5) is 0 Å². The Morgan fingerprint density at radius 1 is 0.538 bits per heavy atom. The van der Waals surface area contributed by atoms with Gasteiger partial charge in [-0.2, -0.15) is 0 Å². The summed E-state index contributed by atoms with van der Waals surface area (Å²) >= 11 is 0. The summed E-state index contributed by atoms with van der Waals surface area (Å²) in [6.45, 7) is 6.29. The normalized spacial score (nSPS) is 12.6. The maximum atomic E-state index is 13.4. The maximum absolute atomic E-state index is 13.4. The Morgan fingerprint density at radius 2 is 0.923 bits per heavy atom. The van der Waals surface area contributed by atoms with Crippen LogP contribution in [0.2, 0.25) is 0 Å². The van der Waals surface area contributed by atoms with Crippen molar-refractivity contribution < 1.29 is 25.3 Å². The van der Waals surface area contributed by atoms with Crippen molar-refractivity contribution in [3.63, 3.8) is 0 Å². The van der Waals surface area contributed by atoms with Gasteiger partial charge in [-0.25, -0.2) is 30.0 Å². The molecule has 0 bridgehead atoms. The third kappa shape index (κ3) is 8.19. The van der Waals surface area contributed by atoms with E-state index < -0.39 is 30.1 Å². The molecule has 39 heavy (non-hydrogen) atoms. The average molecular weight is 594 g/mol. The molecule has 3 aromatic carbocycles. The van der Waals surface area contributed by atoms with Gasteiger partial charge in [-0.15, -0.1) is 0 Å². The first-order valence-corrected chi connectivity index (χ1v) is 16.9.